The number of nitrogen functional groups attached to an aromatic ring is 1. The fraction of sp³-hybridized carbons (Fsp3) is 0.188. The summed E-state index contributed by atoms with van der Waals surface area (Å²) in [6.07, 6.45) is 0. The molecule has 3 rings (SSSR count). The number of aliphatic hydroxyl groups is 1. The lowest BCUT2D eigenvalue weighted by Gasteiger charge is -2.04. The van der Waals surface area contributed by atoms with Crippen LogP contribution in [0.4, 0.5) is 5.82 Å². The van der Waals surface area contributed by atoms with Crippen molar-refractivity contribution in [2.24, 2.45) is 0 Å². The van der Waals surface area contributed by atoms with Gasteiger partial charge in [-0.25, -0.2) is 0 Å². The Bertz CT molecular complexity index is 847. The van der Waals surface area contributed by atoms with Crippen molar-refractivity contribution < 1.29 is 14.4 Å². The van der Waals surface area contributed by atoms with E-state index in [9.17, 15) is 4.79 Å². The van der Waals surface area contributed by atoms with E-state index in [1.54, 1.807) is 12.1 Å². The Morgan fingerprint density at radius 2 is 2.12 bits per heavy atom. The molecule has 25 heavy (non-hydrogen) atoms. The highest BCUT2D eigenvalue weighted by Gasteiger charge is 2.13. The van der Waals surface area contributed by atoms with E-state index in [4.69, 9.17) is 15.4 Å². The fourth-order valence-electron chi connectivity index (χ4n) is 2.12. The predicted molar refractivity (Wildman–Crippen MR) is 94.7 cm³/mol. The number of nitrogens with zero attached hydrogens (tertiary/aromatic N) is 3. The standard InChI is InChI=1S/C16H17N5O3S/c17-15-8-12(10-22)19-21(15)25-7-6-18-16(23)13-9-14(24-20-13)11-4-2-1-3-5-11/h1-5,8-9,22H,6-7,10,17H2,(H,18,23). The van der Waals surface area contributed by atoms with Crippen LogP contribution in [0.25, 0.3) is 11.3 Å². The zero-order valence-electron chi connectivity index (χ0n) is 13.3. The third-order valence-corrected chi connectivity index (χ3v) is 4.24. The number of hydrogen-bond donors (Lipinski definition) is 3. The van der Waals surface area contributed by atoms with E-state index in [2.05, 4.69) is 15.6 Å². The van der Waals surface area contributed by atoms with Gasteiger partial charge in [-0.05, 0) is 11.9 Å². The maximum atomic E-state index is 12.1. The molecule has 8 nitrogen and oxygen atoms in total. The summed E-state index contributed by atoms with van der Waals surface area (Å²) in [5.41, 5.74) is 7.36. The van der Waals surface area contributed by atoms with Gasteiger partial charge in [0.1, 0.15) is 5.82 Å². The van der Waals surface area contributed by atoms with E-state index in [1.807, 2.05) is 30.3 Å². The monoisotopic (exact) mass is 359 g/mol. The number of aromatic nitrogens is 3. The Morgan fingerprint density at radius 3 is 2.84 bits per heavy atom. The van der Waals surface area contributed by atoms with E-state index < -0.39 is 0 Å². The third kappa shape index (κ3) is 4.20. The minimum atomic E-state index is -0.309. The van der Waals surface area contributed by atoms with Crippen LogP contribution in [0.15, 0.2) is 47.0 Å². The second-order valence-corrected chi connectivity index (χ2v) is 6.14. The highest BCUT2D eigenvalue weighted by atomic mass is 32.2. The minimum absolute atomic E-state index is 0.162. The van der Waals surface area contributed by atoms with Crippen molar-refractivity contribution in [3.05, 3.63) is 53.9 Å². The van der Waals surface area contributed by atoms with Crippen LogP contribution in [-0.4, -0.2) is 37.7 Å². The van der Waals surface area contributed by atoms with Crippen molar-refractivity contribution in [2.45, 2.75) is 6.61 Å². The smallest absolute Gasteiger partial charge is 0.273 e. The average Bonchev–Trinajstić information content (AvgIpc) is 3.26. The summed E-state index contributed by atoms with van der Waals surface area (Å²) in [5, 5.41) is 19.7. The number of benzene rings is 1. The van der Waals surface area contributed by atoms with Gasteiger partial charge in [-0.2, -0.15) is 9.19 Å². The Labute approximate surface area is 148 Å². The molecule has 3 aromatic rings. The van der Waals surface area contributed by atoms with Crippen molar-refractivity contribution in [3.63, 3.8) is 0 Å². The largest absolute Gasteiger partial charge is 0.390 e. The van der Waals surface area contributed by atoms with Crippen LogP contribution in [0.1, 0.15) is 16.2 Å². The molecular weight excluding hydrogens is 342 g/mol. The summed E-state index contributed by atoms with van der Waals surface area (Å²) in [4.78, 5) is 12.1. The molecule has 0 unspecified atom stereocenters. The summed E-state index contributed by atoms with van der Waals surface area (Å²) < 4.78 is 6.72. The van der Waals surface area contributed by atoms with E-state index in [0.29, 0.717) is 29.6 Å². The van der Waals surface area contributed by atoms with Crippen LogP contribution >= 0.6 is 11.9 Å². The molecule has 0 fully saturated rings. The molecule has 4 N–H and O–H groups in total. The molecule has 130 valence electrons. The van der Waals surface area contributed by atoms with Crippen LogP contribution < -0.4 is 11.1 Å². The maximum absolute atomic E-state index is 12.1. The molecule has 0 aliphatic carbocycles. The number of rotatable bonds is 7. The van der Waals surface area contributed by atoms with Gasteiger partial charge in [0.05, 0.1) is 12.3 Å². The number of carbonyl (C=O) groups excluding carboxylic acids is 1. The number of hydrogen-bond acceptors (Lipinski definition) is 7. The molecule has 1 aromatic carbocycles. The first-order valence-electron chi connectivity index (χ1n) is 7.56. The number of carbonyl (C=O) groups is 1. The van der Waals surface area contributed by atoms with Gasteiger partial charge < -0.3 is 20.7 Å². The van der Waals surface area contributed by atoms with Gasteiger partial charge in [-0.1, -0.05) is 35.5 Å². The Balaban J connectivity index is 1.50. The van der Waals surface area contributed by atoms with Gasteiger partial charge in [-0.3, -0.25) is 4.79 Å². The van der Waals surface area contributed by atoms with Gasteiger partial charge in [0.25, 0.3) is 5.91 Å². The maximum Gasteiger partial charge on any atom is 0.273 e. The second-order valence-electron chi connectivity index (χ2n) is 5.12. The van der Waals surface area contributed by atoms with Crippen LogP contribution in [-0.2, 0) is 6.61 Å². The first-order chi connectivity index (χ1) is 12.2. The molecule has 0 aliphatic rings. The summed E-state index contributed by atoms with van der Waals surface area (Å²) in [6, 6.07) is 12.7. The SMILES string of the molecule is Nc1cc(CO)nn1SCCNC(=O)c1cc(-c2ccccc2)on1. The summed E-state index contributed by atoms with van der Waals surface area (Å²) in [7, 11) is 0. The van der Waals surface area contributed by atoms with Crippen molar-refractivity contribution in [1.82, 2.24) is 19.7 Å². The molecule has 2 aromatic heterocycles. The highest BCUT2D eigenvalue weighted by Crippen LogP contribution is 2.19. The number of amides is 1. The van der Waals surface area contributed by atoms with Crippen LogP contribution in [0.5, 0.6) is 0 Å². The van der Waals surface area contributed by atoms with Gasteiger partial charge in [0.15, 0.2) is 11.5 Å². The Kier molecular flexibility index (Phi) is 5.36. The molecule has 0 aliphatic heterocycles. The number of nitrogens with two attached hydrogens (primary N) is 1. The van der Waals surface area contributed by atoms with Crippen LogP contribution in [0.3, 0.4) is 0 Å². The molecule has 0 atom stereocenters. The average molecular weight is 359 g/mol. The van der Waals surface area contributed by atoms with Crippen LogP contribution in [0.2, 0.25) is 0 Å². The lowest BCUT2D eigenvalue weighted by molar-refractivity contribution is 0.0947. The molecule has 0 saturated carbocycles. The Hall–Kier alpha value is -2.78. The molecule has 0 bridgehead atoms. The van der Waals surface area contributed by atoms with Crippen molar-refractivity contribution in [1.29, 1.82) is 0 Å². The van der Waals surface area contributed by atoms with Crippen molar-refractivity contribution in [3.8, 4) is 11.3 Å². The number of aliphatic hydroxyl groups excluding tert-OH is 1. The predicted octanol–water partition coefficient (Wildman–Crippen LogP) is 1.54. The molecule has 0 saturated heterocycles. The molecule has 2 heterocycles. The molecular formula is C16H17N5O3S. The van der Waals surface area contributed by atoms with E-state index >= 15 is 0 Å². The zero-order chi connectivity index (χ0) is 17.6. The normalized spacial score (nSPS) is 10.8. The minimum Gasteiger partial charge on any atom is -0.390 e. The van der Waals surface area contributed by atoms with Crippen molar-refractivity contribution in [2.75, 3.05) is 18.0 Å². The summed E-state index contributed by atoms with van der Waals surface area (Å²) in [5.74, 6) is 1.24. The number of anilines is 1. The van der Waals surface area contributed by atoms with Gasteiger partial charge in [0.2, 0.25) is 0 Å². The lowest BCUT2D eigenvalue weighted by atomic mass is 10.1. The molecule has 1 amide bonds. The quantitative estimate of drug-likeness (QED) is 0.547. The van der Waals surface area contributed by atoms with E-state index in [-0.39, 0.29) is 18.2 Å². The van der Waals surface area contributed by atoms with Gasteiger partial charge in [-0.15, -0.1) is 0 Å². The molecule has 0 radical (unpaired) electrons. The fourth-order valence-corrected chi connectivity index (χ4v) is 2.85. The third-order valence-electron chi connectivity index (χ3n) is 3.32. The van der Waals surface area contributed by atoms with Crippen molar-refractivity contribution >= 4 is 23.7 Å². The summed E-state index contributed by atoms with van der Waals surface area (Å²) in [6.45, 7) is 0.245. The van der Waals surface area contributed by atoms with Gasteiger partial charge in [0, 0.05) is 30.0 Å². The van der Waals surface area contributed by atoms with E-state index in [0.717, 1.165) is 5.56 Å². The second kappa shape index (κ2) is 7.86. The summed E-state index contributed by atoms with van der Waals surface area (Å²) >= 11 is 1.33. The van der Waals surface area contributed by atoms with Gasteiger partial charge >= 0.3 is 0 Å². The molecule has 0 spiro atoms. The first-order valence-corrected chi connectivity index (χ1v) is 8.50. The molecule has 9 heteroatoms. The number of nitrogens with one attached hydrogen (secondary N) is 1. The Morgan fingerprint density at radius 1 is 1.32 bits per heavy atom. The van der Waals surface area contributed by atoms with E-state index in [1.165, 1.54) is 16.0 Å². The first kappa shape index (κ1) is 17.1. The zero-order valence-corrected chi connectivity index (χ0v) is 14.1. The topological polar surface area (TPSA) is 119 Å². The van der Waals surface area contributed by atoms with Crippen LogP contribution in [0, 0.1) is 0 Å². The highest BCUT2D eigenvalue weighted by molar-refractivity contribution is 7.97. The lowest BCUT2D eigenvalue weighted by Crippen LogP contribution is -2.26.